The predicted molar refractivity (Wildman–Crippen MR) is 115 cm³/mol. The maximum atomic E-state index is 13.0. The summed E-state index contributed by atoms with van der Waals surface area (Å²) in [5.74, 6) is -0.107. The summed E-state index contributed by atoms with van der Waals surface area (Å²) in [6.45, 7) is 2.03. The van der Waals surface area contributed by atoms with Crippen molar-refractivity contribution in [3.63, 3.8) is 0 Å². The molecule has 138 valence electrons. The fourth-order valence-corrected chi connectivity index (χ4v) is 3.20. The monoisotopic (exact) mass is 442 g/mol. The summed E-state index contributed by atoms with van der Waals surface area (Å²) < 4.78 is 0.967. The van der Waals surface area contributed by atoms with Crippen LogP contribution in [0, 0.1) is 0 Å². The van der Waals surface area contributed by atoms with Crippen molar-refractivity contribution >= 4 is 39.1 Å². The molecule has 0 bridgehead atoms. The summed E-state index contributed by atoms with van der Waals surface area (Å²) in [4.78, 5) is 13.0. The highest BCUT2D eigenvalue weighted by Crippen LogP contribution is 2.23. The zero-order valence-electron chi connectivity index (χ0n) is 14.8. The molecule has 0 aliphatic heterocycles. The second kappa shape index (κ2) is 9.18. The van der Waals surface area contributed by atoms with E-state index in [1.807, 2.05) is 85.8 Å². The molecule has 3 aromatic carbocycles. The van der Waals surface area contributed by atoms with E-state index in [0.717, 1.165) is 21.3 Å². The first-order valence-corrected chi connectivity index (χ1v) is 9.83. The van der Waals surface area contributed by atoms with Crippen LogP contribution in [0.3, 0.4) is 0 Å². The van der Waals surface area contributed by atoms with Gasteiger partial charge in [-0.15, -0.1) is 0 Å². The lowest BCUT2D eigenvalue weighted by atomic mass is 10.0. The highest BCUT2D eigenvalue weighted by Gasteiger charge is 2.23. The second-order valence-electron chi connectivity index (χ2n) is 6.28. The molecule has 3 aromatic rings. The van der Waals surface area contributed by atoms with Gasteiger partial charge in [-0.1, -0.05) is 70.0 Å². The van der Waals surface area contributed by atoms with Gasteiger partial charge in [-0.2, -0.15) is 0 Å². The molecule has 3 rings (SSSR count). The molecule has 1 amide bonds. The number of amides is 1. The van der Waals surface area contributed by atoms with Gasteiger partial charge in [-0.05, 0) is 54.4 Å². The number of anilines is 1. The van der Waals surface area contributed by atoms with Crippen LogP contribution in [0.1, 0.15) is 30.1 Å². The topological polar surface area (TPSA) is 41.1 Å². The molecular weight excluding hydrogens is 424 g/mol. The number of carbonyl (C=O) groups is 1. The van der Waals surface area contributed by atoms with Crippen molar-refractivity contribution in [1.29, 1.82) is 0 Å². The van der Waals surface area contributed by atoms with Crippen molar-refractivity contribution in [1.82, 2.24) is 5.32 Å². The SMILES string of the molecule is CC(NC(C(=O)Nc1ccc(Br)cc1)c1ccccc1)c1ccc(Cl)cc1. The lowest BCUT2D eigenvalue weighted by Crippen LogP contribution is -2.34. The highest BCUT2D eigenvalue weighted by molar-refractivity contribution is 9.10. The van der Waals surface area contributed by atoms with Gasteiger partial charge in [-0.3, -0.25) is 10.1 Å². The van der Waals surface area contributed by atoms with E-state index in [4.69, 9.17) is 11.6 Å². The van der Waals surface area contributed by atoms with Crippen LogP contribution in [-0.4, -0.2) is 5.91 Å². The Kier molecular flexibility index (Phi) is 6.67. The predicted octanol–water partition coefficient (Wildman–Crippen LogP) is 6.13. The van der Waals surface area contributed by atoms with E-state index < -0.39 is 6.04 Å². The molecule has 2 unspecified atom stereocenters. The van der Waals surface area contributed by atoms with E-state index in [0.29, 0.717) is 5.02 Å². The van der Waals surface area contributed by atoms with E-state index in [2.05, 4.69) is 26.6 Å². The van der Waals surface area contributed by atoms with Gasteiger partial charge in [-0.25, -0.2) is 0 Å². The van der Waals surface area contributed by atoms with E-state index in [1.165, 1.54) is 0 Å². The number of hydrogen-bond acceptors (Lipinski definition) is 2. The van der Waals surface area contributed by atoms with Crippen molar-refractivity contribution in [3.05, 3.63) is 99.5 Å². The molecule has 0 aromatic heterocycles. The summed E-state index contributed by atoms with van der Waals surface area (Å²) in [6.07, 6.45) is 0. The summed E-state index contributed by atoms with van der Waals surface area (Å²) in [7, 11) is 0. The van der Waals surface area contributed by atoms with Crippen LogP contribution in [0.5, 0.6) is 0 Å². The summed E-state index contributed by atoms with van der Waals surface area (Å²) in [6, 6.07) is 24.4. The normalized spacial score (nSPS) is 13.0. The molecule has 0 saturated carbocycles. The van der Waals surface area contributed by atoms with Crippen molar-refractivity contribution < 1.29 is 4.79 Å². The van der Waals surface area contributed by atoms with E-state index in [9.17, 15) is 4.79 Å². The Balaban J connectivity index is 1.81. The molecule has 5 heteroatoms. The van der Waals surface area contributed by atoms with Crippen LogP contribution in [-0.2, 0) is 4.79 Å². The molecule has 0 heterocycles. The van der Waals surface area contributed by atoms with Crippen LogP contribution in [0.25, 0.3) is 0 Å². The lowest BCUT2D eigenvalue weighted by molar-refractivity contribution is -0.118. The molecule has 2 atom stereocenters. The highest BCUT2D eigenvalue weighted by atomic mass is 79.9. The van der Waals surface area contributed by atoms with Gasteiger partial charge in [0, 0.05) is 21.2 Å². The lowest BCUT2D eigenvalue weighted by Gasteiger charge is -2.23. The second-order valence-corrected chi connectivity index (χ2v) is 7.63. The number of rotatable bonds is 6. The van der Waals surface area contributed by atoms with Gasteiger partial charge < -0.3 is 5.32 Å². The molecule has 27 heavy (non-hydrogen) atoms. The first-order chi connectivity index (χ1) is 13.0. The average molecular weight is 444 g/mol. The molecule has 3 nitrogen and oxygen atoms in total. The smallest absolute Gasteiger partial charge is 0.246 e. The molecular formula is C22H20BrClN2O. The third-order valence-corrected chi connectivity index (χ3v) is 5.07. The van der Waals surface area contributed by atoms with Crippen molar-refractivity contribution in [2.24, 2.45) is 0 Å². The number of hydrogen-bond donors (Lipinski definition) is 2. The Morgan fingerprint density at radius 1 is 0.889 bits per heavy atom. The van der Waals surface area contributed by atoms with Gasteiger partial charge in [0.25, 0.3) is 0 Å². The first kappa shape index (κ1) is 19.6. The maximum Gasteiger partial charge on any atom is 0.246 e. The minimum Gasteiger partial charge on any atom is -0.324 e. The van der Waals surface area contributed by atoms with Gasteiger partial charge >= 0.3 is 0 Å². The Labute approximate surface area is 172 Å². The van der Waals surface area contributed by atoms with Gasteiger partial charge in [0.2, 0.25) is 5.91 Å². The van der Waals surface area contributed by atoms with Crippen LogP contribution in [0.15, 0.2) is 83.3 Å². The Morgan fingerprint density at radius 2 is 1.52 bits per heavy atom. The largest absolute Gasteiger partial charge is 0.324 e. The van der Waals surface area contributed by atoms with Crippen molar-refractivity contribution in [3.8, 4) is 0 Å². The number of halogens is 2. The number of nitrogens with one attached hydrogen (secondary N) is 2. The Hall–Kier alpha value is -2.14. The summed E-state index contributed by atoms with van der Waals surface area (Å²) in [5.41, 5.74) is 2.73. The maximum absolute atomic E-state index is 13.0. The fraction of sp³-hybridized carbons (Fsp3) is 0.136. The minimum atomic E-state index is -0.486. The number of carbonyl (C=O) groups excluding carboxylic acids is 1. The fourth-order valence-electron chi connectivity index (χ4n) is 2.81. The molecule has 0 fully saturated rings. The zero-order valence-corrected chi connectivity index (χ0v) is 17.2. The summed E-state index contributed by atoms with van der Waals surface area (Å²) >= 11 is 9.39. The minimum absolute atomic E-state index is 0.0249. The van der Waals surface area contributed by atoms with Crippen molar-refractivity contribution in [2.45, 2.75) is 19.0 Å². The van der Waals surface area contributed by atoms with Crippen LogP contribution in [0.2, 0.25) is 5.02 Å². The van der Waals surface area contributed by atoms with Gasteiger partial charge in [0.15, 0.2) is 0 Å². The zero-order chi connectivity index (χ0) is 19.2. The van der Waals surface area contributed by atoms with Gasteiger partial charge in [0.1, 0.15) is 6.04 Å². The Morgan fingerprint density at radius 3 is 2.15 bits per heavy atom. The van der Waals surface area contributed by atoms with E-state index in [1.54, 1.807) is 0 Å². The quantitative estimate of drug-likeness (QED) is 0.481. The van der Waals surface area contributed by atoms with Crippen LogP contribution < -0.4 is 10.6 Å². The summed E-state index contributed by atoms with van der Waals surface area (Å²) in [5, 5.41) is 7.12. The average Bonchev–Trinajstić information content (AvgIpc) is 2.69. The molecule has 0 spiro atoms. The molecule has 0 saturated heterocycles. The molecule has 0 radical (unpaired) electrons. The van der Waals surface area contributed by atoms with E-state index >= 15 is 0 Å². The third kappa shape index (κ3) is 5.42. The van der Waals surface area contributed by atoms with Crippen molar-refractivity contribution in [2.75, 3.05) is 5.32 Å². The molecule has 2 N–H and O–H groups in total. The Bertz CT molecular complexity index is 882. The van der Waals surface area contributed by atoms with E-state index in [-0.39, 0.29) is 11.9 Å². The van der Waals surface area contributed by atoms with Crippen LogP contribution >= 0.6 is 27.5 Å². The van der Waals surface area contributed by atoms with Crippen LogP contribution in [0.4, 0.5) is 5.69 Å². The van der Waals surface area contributed by atoms with Gasteiger partial charge in [0.05, 0.1) is 0 Å². The molecule has 0 aliphatic carbocycles. The standard InChI is InChI=1S/C22H20BrClN2O/c1-15(16-7-11-19(24)12-8-16)25-21(17-5-3-2-4-6-17)22(27)26-20-13-9-18(23)10-14-20/h2-15,21,25H,1H3,(H,26,27). The number of benzene rings is 3. The first-order valence-electron chi connectivity index (χ1n) is 8.66. The molecule has 0 aliphatic rings. The third-order valence-electron chi connectivity index (χ3n) is 4.29.